The molecule has 0 bridgehead atoms. The summed E-state index contributed by atoms with van der Waals surface area (Å²) in [5, 5.41) is 4.14. The van der Waals surface area contributed by atoms with Gasteiger partial charge in [0.25, 0.3) is 0 Å². The lowest BCUT2D eigenvalue weighted by Crippen LogP contribution is -2.14. The van der Waals surface area contributed by atoms with Crippen molar-refractivity contribution < 1.29 is 0 Å². The Morgan fingerprint density at radius 2 is 2.09 bits per heavy atom. The topological polar surface area (TPSA) is 34.0 Å². The highest BCUT2D eigenvalue weighted by Crippen LogP contribution is 1.97. The summed E-state index contributed by atoms with van der Waals surface area (Å²) in [5.74, 6) is 1.84. The van der Waals surface area contributed by atoms with E-state index < -0.39 is 0 Å². The van der Waals surface area contributed by atoms with Crippen molar-refractivity contribution in [2.24, 2.45) is 7.05 Å². The molecule has 0 saturated heterocycles. The SMILES string of the molecule is Cc1nc(CN(C)C)n(C)n1. The number of hydrogen-bond acceptors (Lipinski definition) is 3. The van der Waals surface area contributed by atoms with Crippen molar-refractivity contribution in [3.8, 4) is 0 Å². The van der Waals surface area contributed by atoms with Gasteiger partial charge in [-0.2, -0.15) is 5.10 Å². The molecule has 4 nitrogen and oxygen atoms in total. The number of nitrogens with zero attached hydrogens (tertiary/aromatic N) is 4. The van der Waals surface area contributed by atoms with Gasteiger partial charge in [0, 0.05) is 7.05 Å². The van der Waals surface area contributed by atoms with Gasteiger partial charge >= 0.3 is 0 Å². The van der Waals surface area contributed by atoms with E-state index in [9.17, 15) is 0 Å². The van der Waals surface area contributed by atoms with Crippen LogP contribution in [0, 0.1) is 6.92 Å². The summed E-state index contributed by atoms with van der Waals surface area (Å²) in [6, 6.07) is 0. The van der Waals surface area contributed by atoms with E-state index in [4.69, 9.17) is 0 Å². The van der Waals surface area contributed by atoms with E-state index >= 15 is 0 Å². The second-order valence-electron chi connectivity index (χ2n) is 2.94. The molecule has 1 heterocycles. The maximum absolute atomic E-state index is 4.26. The monoisotopic (exact) mass is 154 g/mol. The van der Waals surface area contributed by atoms with Crippen LogP contribution in [0.25, 0.3) is 0 Å². The second-order valence-corrected chi connectivity index (χ2v) is 2.94. The van der Waals surface area contributed by atoms with Crippen molar-refractivity contribution in [1.29, 1.82) is 0 Å². The Morgan fingerprint density at radius 1 is 1.45 bits per heavy atom. The van der Waals surface area contributed by atoms with Gasteiger partial charge in [-0.05, 0) is 21.0 Å². The number of rotatable bonds is 2. The molecular weight excluding hydrogens is 140 g/mol. The molecule has 0 radical (unpaired) electrons. The van der Waals surface area contributed by atoms with Gasteiger partial charge in [-0.15, -0.1) is 0 Å². The summed E-state index contributed by atoms with van der Waals surface area (Å²) in [4.78, 5) is 6.33. The van der Waals surface area contributed by atoms with Crippen LogP contribution in [0.2, 0.25) is 0 Å². The summed E-state index contributed by atoms with van der Waals surface area (Å²) in [6.45, 7) is 2.75. The molecule has 62 valence electrons. The number of hydrogen-bond donors (Lipinski definition) is 0. The minimum Gasteiger partial charge on any atom is -0.302 e. The van der Waals surface area contributed by atoms with Crippen molar-refractivity contribution in [2.45, 2.75) is 13.5 Å². The van der Waals surface area contributed by atoms with Gasteiger partial charge in [0.15, 0.2) is 0 Å². The van der Waals surface area contributed by atoms with Gasteiger partial charge in [0.05, 0.1) is 6.54 Å². The van der Waals surface area contributed by atoms with Crippen molar-refractivity contribution in [1.82, 2.24) is 19.7 Å². The first-order valence-electron chi connectivity index (χ1n) is 3.61. The number of aryl methyl sites for hydroxylation is 2. The van der Waals surface area contributed by atoms with Gasteiger partial charge in [-0.3, -0.25) is 4.68 Å². The van der Waals surface area contributed by atoms with Gasteiger partial charge < -0.3 is 4.90 Å². The largest absolute Gasteiger partial charge is 0.302 e. The average Bonchev–Trinajstić information content (AvgIpc) is 2.09. The molecule has 1 aromatic rings. The average molecular weight is 154 g/mol. The third-order valence-corrected chi connectivity index (χ3v) is 1.42. The van der Waals surface area contributed by atoms with E-state index in [1.165, 1.54) is 0 Å². The first kappa shape index (κ1) is 8.20. The summed E-state index contributed by atoms with van der Waals surface area (Å²) < 4.78 is 1.81. The minimum absolute atomic E-state index is 0.837. The molecule has 0 aliphatic rings. The fourth-order valence-corrected chi connectivity index (χ4v) is 0.977. The molecule has 0 aliphatic heterocycles. The second kappa shape index (κ2) is 3.00. The van der Waals surface area contributed by atoms with Gasteiger partial charge in [-0.25, -0.2) is 4.98 Å². The van der Waals surface area contributed by atoms with Crippen LogP contribution in [0.4, 0.5) is 0 Å². The highest BCUT2D eigenvalue weighted by atomic mass is 15.3. The van der Waals surface area contributed by atoms with Crippen LogP contribution < -0.4 is 0 Å². The molecule has 0 unspecified atom stereocenters. The smallest absolute Gasteiger partial charge is 0.147 e. The molecule has 0 amide bonds. The zero-order chi connectivity index (χ0) is 8.43. The van der Waals surface area contributed by atoms with Crippen LogP contribution in [0.5, 0.6) is 0 Å². The molecule has 0 fully saturated rings. The first-order valence-corrected chi connectivity index (χ1v) is 3.61. The predicted molar refractivity (Wildman–Crippen MR) is 43.1 cm³/mol. The van der Waals surface area contributed by atoms with Crippen molar-refractivity contribution in [3.63, 3.8) is 0 Å². The van der Waals surface area contributed by atoms with Gasteiger partial charge in [-0.1, -0.05) is 0 Å². The summed E-state index contributed by atoms with van der Waals surface area (Å²) in [5.41, 5.74) is 0. The fraction of sp³-hybridized carbons (Fsp3) is 0.714. The lowest BCUT2D eigenvalue weighted by Gasteiger charge is -2.06. The van der Waals surface area contributed by atoms with E-state index in [2.05, 4.69) is 15.0 Å². The zero-order valence-electron chi connectivity index (χ0n) is 7.50. The summed E-state index contributed by atoms with van der Waals surface area (Å²) >= 11 is 0. The fourth-order valence-electron chi connectivity index (χ4n) is 0.977. The molecule has 0 saturated carbocycles. The molecule has 1 aromatic heterocycles. The van der Waals surface area contributed by atoms with Crippen LogP contribution in [0.3, 0.4) is 0 Å². The van der Waals surface area contributed by atoms with Gasteiger partial charge in [0.1, 0.15) is 11.6 Å². The maximum Gasteiger partial charge on any atom is 0.147 e. The molecule has 0 atom stereocenters. The van der Waals surface area contributed by atoms with Crippen LogP contribution in [-0.4, -0.2) is 33.8 Å². The Bertz CT molecular complexity index is 239. The van der Waals surface area contributed by atoms with Crippen LogP contribution >= 0.6 is 0 Å². The van der Waals surface area contributed by atoms with Crippen LogP contribution in [0.1, 0.15) is 11.6 Å². The molecule has 0 aliphatic carbocycles. The maximum atomic E-state index is 4.26. The van der Waals surface area contributed by atoms with E-state index in [0.29, 0.717) is 0 Å². The molecule has 0 aromatic carbocycles. The van der Waals surface area contributed by atoms with Crippen molar-refractivity contribution in [2.75, 3.05) is 14.1 Å². The van der Waals surface area contributed by atoms with E-state index in [0.717, 1.165) is 18.2 Å². The Morgan fingerprint density at radius 3 is 2.45 bits per heavy atom. The Hall–Kier alpha value is -0.900. The molecule has 4 heteroatoms. The molecule has 1 rings (SSSR count). The summed E-state index contributed by atoms with van der Waals surface area (Å²) in [7, 11) is 5.95. The highest BCUT2D eigenvalue weighted by Gasteiger charge is 2.03. The minimum atomic E-state index is 0.837. The predicted octanol–water partition coefficient (Wildman–Crippen LogP) is 0.185. The number of aromatic nitrogens is 3. The highest BCUT2D eigenvalue weighted by molar-refractivity contribution is 4.89. The van der Waals surface area contributed by atoms with Crippen LogP contribution in [-0.2, 0) is 13.6 Å². The lowest BCUT2D eigenvalue weighted by atomic mass is 10.5. The molecule has 11 heavy (non-hydrogen) atoms. The lowest BCUT2D eigenvalue weighted by molar-refractivity contribution is 0.381. The van der Waals surface area contributed by atoms with Crippen LogP contribution in [0.15, 0.2) is 0 Å². The van der Waals surface area contributed by atoms with Gasteiger partial charge in [0.2, 0.25) is 0 Å². The normalized spacial score (nSPS) is 11.0. The third-order valence-electron chi connectivity index (χ3n) is 1.42. The van der Waals surface area contributed by atoms with E-state index in [1.54, 1.807) is 0 Å². The standard InChI is InChI=1S/C7H14N4/c1-6-8-7(5-10(2)3)11(4)9-6/h5H2,1-4H3. The van der Waals surface area contributed by atoms with E-state index in [1.807, 2.05) is 32.7 Å². The van der Waals surface area contributed by atoms with E-state index in [-0.39, 0.29) is 0 Å². The molecule has 0 spiro atoms. The first-order chi connectivity index (χ1) is 5.09. The van der Waals surface area contributed by atoms with Crippen molar-refractivity contribution in [3.05, 3.63) is 11.6 Å². The Labute approximate surface area is 66.8 Å². The molecular formula is C7H14N4. The summed E-state index contributed by atoms with van der Waals surface area (Å²) in [6.07, 6.45) is 0. The Balaban J connectivity index is 2.77. The Kier molecular flexibility index (Phi) is 2.24. The third kappa shape index (κ3) is 2.01. The zero-order valence-corrected chi connectivity index (χ0v) is 7.50. The molecule has 0 N–H and O–H groups in total. The van der Waals surface area contributed by atoms with Crippen molar-refractivity contribution >= 4 is 0 Å². The quantitative estimate of drug-likeness (QED) is 0.609.